The van der Waals surface area contributed by atoms with Crippen molar-refractivity contribution in [2.75, 3.05) is 0 Å². The fraction of sp³-hybridized carbons (Fsp3) is 0.111. The van der Waals surface area contributed by atoms with Crippen molar-refractivity contribution in [1.29, 1.82) is 5.26 Å². The average Bonchev–Trinajstić information content (AvgIpc) is 2.78. The van der Waals surface area contributed by atoms with Crippen molar-refractivity contribution in [3.8, 4) is 6.07 Å². The largest absolute Gasteiger partial charge is 0.328 e. The summed E-state index contributed by atoms with van der Waals surface area (Å²) in [5, 5.41) is 9.34. The van der Waals surface area contributed by atoms with Gasteiger partial charge in [0.05, 0.1) is 22.7 Å². The molecule has 114 valence electrons. The third-order valence-corrected chi connectivity index (χ3v) is 3.89. The topological polar surface area (TPSA) is 50.7 Å². The van der Waals surface area contributed by atoms with Crippen molar-refractivity contribution in [3.63, 3.8) is 0 Å². The van der Waals surface area contributed by atoms with Crippen LogP contribution in [0.4, 0.5) is 4.39 Å². The third-order valence-electron chi connectivity index (χ3n) is 3.89. The quantitative estimate of drug-likeness (QED) is 0.539. The number of allylic oxidation sites excluding steroid dienone is 1. The second-order valence-electron chi connectivity index (χ2n) is 5.30. The monoisotopic (exact) mass is 307 g/mol. The molecular weight excluding hydrogens is 293 g/mol. The smallest absolute Gasteiger partial charge is 0.295 e. The first-order valence-electron chi connectivity index (χ1n) is 7.05. The summed E-state index contributed by atoms with van der Waals surface area (Å²) in [6, 6.07) is 13.6. The van der Waals surface area contributed by atoms with E-state index < -0.39 is 5.82 Å². The molecule has 5 heteroatoms. The summed E-state index contributed by atoms with van der Waals surface area (Å²) in [4.78, 5) is 12.0. The molecule has 0 radical (unpaired) electrons. The van der Waals surface area contributed by atoms with Crippen LogP contribution < -0.4 is 5.69 Å². The van der Waals surface area contributed by atoms with Gasteiger partial charge in [-0.15, -0.1) is 0 Å². The molecule has 0 unspecified atom stereocenters. The highest BCUT2D eigenvalue weighted by Gasteiger charge is 2.10. The Labute approximate surface area is 132 Å². The van der Waals surface area contributed by atoms with E-state index in [1.807, 2.05) is 18.2 Å². The lowest BCUT2D eigenvalue weighted by atomic mass is 10.0. The number of nitriles is 1. The highest BCUT2D eigenvalue weighted by Crippen LogP contribution is 2.22. The Morgan fingerprint density at radius 1 is 1.13 bits per heavy atom. The van der Waals surface area contributed by atoms with E-state index in [0.29, 0.717) is 0 Å². The Morgan fingerprint density at radius 3 is 2.52 bits per heavy atom. The van der Waals surface area contributed by atoms with Crippen LogP contribution in [0, 0.1) is 17.1 Å². The number of aromatic nitrogens is 2. The van der Waals surface area contributed by atoms with Gasteiger partial charge in [0.25, 0.3) is 0 Å². The van der Waals surface area contributed by atoms with E-state index in [-0.39, 0.29) is 16.8 Å². The number of fused-ring (bicyclic) bond motifs is 1. The van der Waals surface area contributed by atoms with Crippen molar-refractivity contribution < 1.29 is 4.39 Å². The minimum Gasteiger partial charge on any atom is -0.295 e. The van der Waals surface area contributed by atoms with Gasteiger partial charge in [0, 0.05) is 19.7 Å². The lowest BCUT2D eigenvalue weighted by Crippen LogP contribution is -2.19. The third kappa shape index (κ3) is 2.44. The molecule has 1 aromatic heterocycles. The second-order valence-corrected chi connectivity index (χ2v) is 5.30. The van der Waals surface area contributed by atoms with Crippen molar-refractivity contribution in [3.05, 3.63) is 69.9 Å². The van der Waals surface area contributed by atoms with Crippen LogP contribution >= 0.6 is 0 Å². The number of halogens is 1. The van der Waals surface area contributed by atoms with Crippen LogP contribution in [0.25, 0.3) is 22.7 Å². The van der Waals surface area contributed by atoms with Gasteiger partial charge in [-0.3, -0.25) is 9.13 Å². The molecule has 0 saturated heterocycles. The van der Waals surface area contributed by atoms with Crippen LogP contribution in [-0.2, 0) is 14.1 Å². The molecule has 2 aromatic carbocycles. The SMILES string of the molecule is Cn1c(=O)n(C)c2cc(C=C(C#N)c3ccccc3F)ccc21. The molecule has 0 spiro atoms. The summed E-state index contributed by atoms with van der Waals surface area (Å²) in [6.07, 6.45) is 1.62. The Bertz CT molecular complexity index is 1030. The van der Waals surface area contributed by atoms with Crippen molar-refractivity contribution in [1.82, 2.24) is 9.13 Å². The molecule has 0 fully saturated rings. The first kappa shape index (κ1) is 14.8. The predicted molar refractivity (Wildman–Crippen MR) is 88.0 cm³/mol. The first-order valence-corrected chi connectivity index (χ1v) is 7.05. The number of benzene rings is 2. The summed E-state index contributed by atoms with van der Waals surface area (Å²) in [5.41, 5.74) is 2.69. The Balaban J connectivity index is 2.17. The highest BCUT2D eigenvalue weighted by molar-refractivity contribution is 5.91. The maximum atomic E-state index is 13.9. The molecule has 3 rings (SSSR count). The van der Waals surface area contributed by atoms with Crippen LogP contribution in [0.3, 0.4) is 0 Å². The normalized spacial score (nSPS) is 11.7. The number of nitrogens with zero attached hydrogens (tertiary/aromatic N) is 3. The van der Waals surface area contributed by atoms with Crippen molar-refractivity contribution in [2.24, 2.45) is 14.1 Å². The molecule has 4 nitrogen and oxygen atoms in total. The van der Waals surface area contributed by atoms with Gasteiger partial charge in [0.15, 0.2) is 0 Å². The van der Waals surface area contributed by atoms with Gasteiger partial charge in [-0.2, -0.15) is 5.26 Å². The van der Waals surface area contributed by atoms with Crippen molar-refractivity contribution >= 4 is 22.7 Å². The number of imidazole rings is 1. The maximum absolute atomic E-state index is 13.9. The molecule has 0 bridgehead atoms. The summed E-state index contributed by atoms with van der Waals surface area (Å²) >= 11 is 0. The Kier molecular flexibility index (Phi) is 3.59. The van der Waals surface area contributed by atoms with Gasteiger partial charge in [-0.05, 0) is 29.8 Å². The Hall–Kier alpha value is -3.13. The van der Waals surface area contributed by atoms with Crippen molar-refractivity contribution in [2.45, 2.75) is 0 Å². The van der Waals surface area contributed by atoms with Crippen LogP contribution in [0.2, 0.25) is 0 Å². The molecule has 1 heterocycles. The molecule has 23 heavy (non-hydrogen) atoms. The molecule has 3 aromatic rings. The number of aryl methyl sites for hydroxylation is 2. The van der Waals surface area contributed by atoms with E-state index in [0.717, 1.165) is 16.6 Å². The Morgan fingerprint density at radius 2 is 1.83 bits per heavy atom. The van der Waals surface area contributed by atoms with E-state index in [9.17, 15) is 14.4 Å². The summed E-state index contributed by atoms with van der Waals surface area (Å²) in [7, 11) is 3.40. The fourth-order valence-electron chi connectivity index (χ4n) is 2.63. The lowest BCUT2D eigenvalue weighted by Gasteiger charge is -2.02. The molecule has 0 aliphatic rings. The zero-order valence-electron chi connectivity index (χ0n) is 12.7. The lowest BCUT2D eigenvalue weighted by molar-refractivity contribution is 0.624. The standard InChI is InChI=1S/C18H14FN3O/c1-21-16-8-7-12(10-17(16)22(2)18(21)23)9-13(11-20)14-5-3-4-6-15(14)19/h3-10H,1-2H3. The summed E-state index contributed by atoms with van der Waals surface area (Å²) in [5.74, 6) is -0.437. The van der Waals surface area contributed by atoms with E-state index in [1.54, 1.807) is 53.6 Å². The van der Waals surface area contributed by atoms with Crippen LogP contribution in [-0.4, -0.2) is 9.13 Å². The van der Waals surface area contributed by atoms with E-state index >= 15 is 0 Å². The zero-order valence-corrected chi connectivity index (χ0v) is 12.7. The first-order chi connectivity index (χ1) is 11.0. The maximum Gasteiger partial charge on any atom is 0.328 e. The molecule has 0 amide bonds. The highest BCUT2D eigenvalue weighted by atomic mass is 19.1. The van der Waals surface area contributed by atoms with E-state index in [2.05, 4.69) is 0 Å². The average molecular weight is 307 g/mol. The minimum atomic E-state index is -0.437. The minimum absolute atomic E-state index is 0.115. The molecular formula is C18H14FN3O. The number of hydrogen-bond acceptors (Lipinski definition) is 2. The van der Waals surface area contributed by atoms with Gasteiger partial charge in [-0.25, -0.2) is 9.18 Å². The number of rotatable bonds is 2. The molecule has 0 atom stereocenters. The zero-order chi connectivity index (χ0) is 16.6. The van der Waals surface area contributed by atoms with Gasteiger partial charge >= 0.3 is 5.69 Å². The van der Waals surface area contributed by atoms with E-state index in [1.165, 1.54) is 6.07 Å². The van der Waals surface area contributed by atoms with Gasteiger partial charge in [0.2, 0.25) is 0 Å². The van der Waals surface area contributed by atoms with Gasteiger partial charge < -0.3 is 0 Å². The van der Waals surface area contributed by atoms with Gasteiger partial charge in [0.1, 0.15) is 5.82 Å². The summed E-state index contributed by atoms with van der Waals surface area (Å²) < 4.78 is 17.0. The summed E-state index contributed by atoms with van der Waals surface area (Å²) in [6.45, 7) is 0. The molecule has 0 aliphatic heterocycles. The van der Waals surface area contributed by atoms with E-state index in [4.69, 9.17) is 0 Å². The molecule has 0 aliphatic carbocycles. The van der Waals surface area contributed by atoms with Crippen LogP contribution in [0.1, 0.15) is 11.1 Å². The van der Waals surface area contributed by atoms with Gasteiger partial charge in [-0.1, -0.05) is 24.3 Å². The molecule has 0 N–H and O–H groups in total. The number of hydrogen-bond donors (Lipinski definition) is 0. The van der Waals surface area contributed by atoms with Crippen LogP contribution in [0.5, 0.6) is 0 Å². The second kappa shape index (κ2) is 5.58. The van der Waals surface area contributed by atoms with Crippen LogP contribution in [0.15, 0.2) is 47.3 Å². The predicted octanol–water partition coefficient (Wildman–Crippen LogP) is 3.08. The fourth-order valence-corrected chi connectivity index (χ4v) is 2.63. The molecule has 0 saturated carbocycles.